The normalized spacial score (nSPS) is 10.6. The molecule has 1 N–H and O–H groups in total. The second-order valence-corrected chi connectivity index (χ2v) is 6.14. The highest BCUT2D eigenvalue weighted by Crippen LogP contribution is 2.18. The van der Waals surface area contributed by atoms with Crippen LogP contribution in [0.3, 0.4) is 0 Å². The van der Waals surface area contributed by atoms with Gasteiger partial charge in [0.1, 0.15) is 17.2 Å². The summed E-state index contributed by atoms with van der Waals surface area (Å²) in [5, 5.41) is 2.51. The van der Waals surface area contributed by atoms with E-state index in [1.807, 2.05) is 0 Å². The zero-order valence-corrected chi connectivity index (χ0v) is 13.6. The first kappa shape index (κ1) is 17.4. The van der Waals surface area contributed by atoms with Crippen LogP contribution in [-0.2, 0) is 4.74 Å². The Balaban J connectivity index is 2.50. The lowest BCUT2D eigenvalue weighted by atomic mass is 10.2. The Kier molecular flexibility index (Phi) is 6.16. The Bertz CT molecular complexity index is 563. The molecule has 0 saturated carbocycles. The molecule has 114 valence electrons. The van der Waals surface area contributed by atoms with Gasteiger partial charge in [-0.3, -0.25) is 0 Å². The first-order chi connectivity index (χ1) is 9.69. The second-order valence-electron chi connectivity index (χ2n) is 5.22. The molecule has 0 radical (unpaired) electrons. The zero-order chi connectivity index (χ0) is 16.0. The SMILES string of the molecule is CC(C)(C)OC(=O)NCCC#Cc1c(F)cc(Br)cc1F. The summed E-state index contributed by atoms with van der Waals surface area (Å²) < 4.78 is 32.3. The van der Waals surface area contributed by atoms with E-state index in [1.54, 1.807) is 20.8 Å². The number of carbonyl (C=O) groups is 1. The molecule has 0 unspecified atom stereocenters. The standard InChI is InChI=1S/C15H16BrF2NO2/c1-15(2,3)21-14(20)19-7-5-4-6-11-12(17)8-10(16)9-13(11)18/h8-9H,5,7H2,1-3H3,(H,19,20). The molecule has 0 heterocycles. The lowest BCUT2D eigenvalue weighted by Crippen LogP contribution is -2.32. The molecule has 0 spiro atoms. The van der Waals surface area contributed by atoms with E-state index in [-0.39, 0.29) is 18.5 Å². The minimum atomic E-state index is -0.727. The number of halogens is 3. The van der Waals surface area contributed by atoms with E-state index in [2.05, 4.69) is 33.1 Å². The highest BCUT2D eigenvalue weighted by atomic mass is 79.9. The van der Waals surface area contributed by atoms with Gasteiger partial charge in [0.2, 0.25) is 0 Å². The van der Waals surface area contributed by atoms with Crippen LogP contribution in [0.1, 0.15) is 32.8 Å². The van der Waals surface area contributed by atoms with Crippen LogP contribution >= 0.6 is 15.9 Å². The highest BCUT2D eigenvalue weighted by Gasteiger charge is 2.15. The molecule has 3 nitrogen and oxygen atoms in total. The van der Waals surface area contributed by atoms with Crippen LogP contribution in [-0.4, -0.2) is 18.2 Å². The Morgan fingerprint density at radius 1 is 1.33 bits per heavy atom. The summed E-state index contributed by atoms with van der Waals surface area (Å²) in [5.74, 6) is 3.57. The summed E-state index contributed by atoms with van der Waals surface area (Å²) in [6.45, 7) is 5.50. The lowest BCUT2D eigenvalue weighted by Gasteiger charge is -2.19. The minimum absolute atomic E-state index is 0.238. The van der Waals surface area contributed by atoms with Crippen molar-refractivity contribution in [2.75, 3.05) is 6.54 Å². The van der Waals surface area contributed by atoms with Crippen molar-refractivity contribution >= 4 is 22.0 Å². The molecule has 21 heavy (non-hydrogen) atoms. The van der Waals surface area contributed by atoms with Crippen LogP contribution in [0.2, 0.25) is 0 Å². The third-order valence-corrected chi connectivity index (χ3v) is 2.60. The van der Waals surface area contributed by atoms with Crippen molar-refractivity contribution in [1.29, 1.82) is 0 Å². The third kappa shape index (κ3) is 6.58. The zero-order valence-electron chi connectivity index (χ0n) is 12.0. The molecule has 0 aromatic heterocycles. The van der Waals surface area contributed by atoms with Gasteiger partial charge in [0.05, 0.1) is 5.56 Å². The number of hydrogen-bond donors (Lipinski definition) is 1. The molecule has 1 aromatic rings. The van der Waals surface area contributed by atoms with Gasteiger partial charge in [-0.15, -0.1) is 0 Å². The molecule has 1 rings (SSSR count). The van der Waals surface area contributed by atoms with Gasteiger partial charge in [-0.05, 0) is 32.9 Å². The van der Waals surface area contributed by atoms with Crippen molar-refractivity contribution in [3.63, 3.8) is 0 Å². The van der Waals surface area contributed by atoms with Crippen LogP contribution in [0.25, 0.3) is 0 Å². The first-order valence-electron chi connectivity index (χ1n) is 6.29. The lowest BCUT2D eigenvalue weighted by molar-refractivity contribution is 0.0529. The van der Waals surface area contributed by atoms with Crippen LogP contribution in [0, 0.1) is 23.5 Å². The summed E-state index contributed by atoms with van der Waals surface area (Å²) in [6.07, 6.45) is -0.293. The number of amides is 1. The van der Waals surface area contributed by atoms with E-state index >= 15 is 0 Å². The maximum absolute atomic E-state index is 13.5. The van der Waals surface area contributed by atoms with Crippen molar-refractivity contribution in [3.05, 3.63) is 33.8 Å². The monoisotopic (exact) mass is 359 g/mol. The molecular formula is C15H16BrF2NO2. The van der Waals surface area contributed by atoms with Crippen molar-refractivity contribution in [2.45, 2.75) is 32.8 Å². The summed E-state index contributed by atoms with van der Waals surface area (Å²) >= 11 is 2.99. The van der Waals surface area contributed by atoms with E-state index in [0.29, 0.717) is 4.47 Å². The van der Waals surface area contributed by atoms with Crippen LogP contribution in [0.15, 0.2) is 16.6 Å². The van der Waals surface area contributed by atoms with E-state index in [9.17, 15) is 13.6 Å². The highest BCUT2D eigenvalue weighted by molar-refractivity contribution is 9.10. The molecule has 0 aliphatic heterocycles. The fourth-order valence-corrected chi connectivity index (χ4v) is 1.76. The summed E-state index contributed by atoms with van der Waals surface area (Å²) in [4.78, 5) is 11.3. The van der Waals surface area contributed by atoms with Gasteiger partial charge < -0.3 is 10.1 Å². The maximum Gasteiger partial charge on any atom is 0.407 e. The van der Waals surface area contributed by atoms with Crippen molar-refractivity contribution < 1.29 is 18.3 Å². The molecule has 0 saturated heterocycles. The molecule has 0 atom stereocenters. The average Bonchev–Trinajstić information content (AvgIpc) is 2.29. The molecule has 0 aliphatic rings. The number of nitrogens with one attached hydrogen (secondary N) is 1. The summed E-state index contributed by atoms with van der Waals surface area (Å²) in [7, 11) is 0. The maximum atomic E-state index is 13.5. The quantitative estimate of drug-likeness (QED) is 0.640. The van der Waals surface area contributed by atoms with Gasteiger partial charge in [0.25, 0.3) is 0 Å². The second kappa shape index (κ2) is 7.41. The number of carbonyl (C=O) groups excluding carboxylic acids is 1. The van der Waals surface area contributed by atoms with E-state index in [0.717, 1.165) is 12.1 Å². The largest absolute Gasteiger partial charge is 0.444 e. The number of ether oxygens (including phenoxy) is 1. The van der Waals surface area contributed by atoms with Crippen LogP contribution in [0.4, 0.5) is 13.6 Å². The first-order valence-corrected chi connectivity index (χ1v) is 7.08. The summed E-state index contributed by atoms with van der Waals surface area (Å²) in [5.41, 5.74) is -0.852. The molecule has 1 amide bonds. The molecular weight excluding hydrogens is 344 g/mol. The number of benzene rings is 1. The van der Waals surface area contributed by atoms with Gasteiger partial charge in [-0.2, -0.15) is 0 Å². The predicted octanol–water partition coefficient (Wildman–Crippen LogP) is 3.99. The Morgan fingerprint density at radius 3 is 2.43 bits per heavy atom. The predicted molar refractivity (Wildman–Crippen MR) is 79.8 cm³/mol. The van der Waals surface area contributed by atoms with Gasteiger partial charge >= 0.3 is 6.09 Å². The van der Waals surface area contributed by atoms with E-state index in [4.69, 9.17) is 4.74 Å². The fraction of sp³-hybridized carbons (Fsp3) is 0.400. The fourth-order valence-electron chi connectivity index (χ4n) is 1.35. The van der Waals surface area contributed by atoms with E-state index < -0.39 is 23.3 Å². The number of hydrogen-bond acceptors (Lipinski definition) is 2. The molecule has 0 aliphatic carbocycles. The van der Waals surface area contributed by atoms with Crippen molar-refractivity contribution in [3.8, 4) is 11.8 Å². The van der Waals surface area contributed by atoms with Gasteiger partial charge in [0, 0.05) is 17.4 Å². The Hall–Kier alpha value is -1.61. The van der Waals surface area contributed by atoms with Crippen molar-refractivity contribution in [2.24, 2.45) is 0 Å². The smallest absolute Gasteiger partial charge is 0.407 e. The van der Waals surface area contributed by atoms with Gasteiger partial charge in [-0.25, -0.2) is 13.6 Å². The minimum Gasteiger partial charge on any atom is -0.444 e. The number of alkyl carbamates (subject to hydrolysis) is 1. The van der Waals surface area contributed by atoms with Crippen LogP contribution in [0.5, 0.6) is 0 Å². The molecule has 0 bridgehead atoms. The van der Waals surface area contributed by atoms with Gasteiger partial charge in [-0.1, -0.05) is 27.8 Å². The van der Waals surface area contributed by atoms with Gasteiger partial charge in [0.15, 0.2) is 0 Å². The Morgan fingerprint density at radius 2 is 1.90 bits per heavy atom. The summed E-state index contributed by atoms with van der Waals surface area (Å²) in [6, 6.07) is 2.29. The van der Waals surface area contributed by atoms with Crippen molar-refractivity contribution in [1.82, 2.24) is 5.32 Å². The molecule has 0 fully saturated rings. The Labute approximate surface area is 131 Å². The third-order valence-electron chi connectivity index (χ3n) is 2.14. The topological polar surface area (TPSA) is 38.3 Å². The molecule has 6 heteroatoms. The molecule has 1 aromatic carbocycles. The number of rotatable bonds is 2. The van der Waals surface area contributed by atoms with E-state index in [1.165, 1.54) is 0 Å². The van der Waals surface area contributed by atoms with Crippen LogP contribution < -0.4 is 5.32 Å². The average molecular weight is 360 g/mol.